The molecule has 37 heavy (non-hydrogen) atoms. The van der Waals surface area contributed by atoms with Gasteiger partial charge in [0.2, 0.25) is 0 Å². The summed E-state index contributed by atoms with van der Waals surface area (Å²) in [6, 6.07) is 7.50. The lowest BCUT2D eigenvalue weighted by Crippen LogP contribution is -2.40. The summed E-state index contributed by atoms with van der Waals surface area (Å²) in [7, 11) is 6.59. The molecule has 1 saturated heterocycles. The molecule has 2 fully saturated rings. The molecule has 1 unspecified atom stereocenters. The van der Waals surface area contributed by atoms with Crippen molar-refractivity contribution in [3.8, 4) is 22.8 Å². The molecule has 11 nitrogen and oxygen atoms in total. The predicted octanol–water partition coefficient (Wildman–Crippen LogP) is 2.46. The first-order valence-corrected chi connectivity index (χ1v) is 12.7. The topological polar surface area (TPSA) is 106 Å². The molecule has 11 heteroatoms. The maximum Gasteiger partial charge on any atom is 0.346 e. The fourth-order valence-electron chi connectivity index (χ4n) is 5.06. The SMILES string of the molecule is COCCn1nc(C2CCCN(C(=O)c3cc(-c4cc(OC)ccc4OC)nn3C)C2)n(C2CC2)c1=O. The molecule has 5 rings (SSSR count). The third kappa shape index (κ3) is 4.87. The van der Waals surface area contributed by atoms with Crippen LogP contribution in [0.25, 0.3) is 11.3 Å². The first kappa shape index (κ1) is 25.1. The number of hydrogen-bond donors (Lipinski definition) is 0. The molecule has 1 atom stereocenters. The van der Waals surface area contributed by atoms with Crippen LogP contribution in [-0.2, 0) is 18.3 Å². The average molecular weight is 511 g/mol. The molecule has 198 valence electrons. The van der Waals surface area contributed by atoms with Crippen LogP contribution in [0.4, 0.5) is 0 Å². The highest BCUT2D eigenvalue weighted by atomic mass is 16.5. The highest BCUT2D eigenvalue weighted by Crippen LogP contribution is 2.38. The van der Waals surface area contributed by atoms with Gasteiger partial charge in [-0.1, -0.05) is 0 Å². The van der Waals surface area contributed by atoms with Crippen LogP contribution in [0.5, 0.6) is 11.5 Å². The van der Waals surface area contributed by atoms with Crippen molar-refractivity contribution >= 4 is 5.91 Å². The highest BCUT2D eigenvalue weighted by Gasteiger charge is 2.36. The van der Waals surface area contributed by atoms with E-state index in [1.54, 1.807) is 39.1 Å². The Kier molecular flexibility index (Phi) is 7.05. The normalized spacial score (nSPS) is 17.7. The van der Waals surface area contributed by atoms with Gasteiger partial charge in [0.15, 0.2) is 0 Å². The highest BCUT2D eigenvalue weighted by molar-refractivity contribution is 5.94. The molecule has 0 radical (unpaired) electrons. The van der Waals surface area contributed by atoms with E-state index in [9.17, 15) is 9.59 Å². The molecule has 1 aromatic carbocycles. The number of amides is 1. The van der Waals surface area contributed by atoms with E-state index in [1.807, 2.05) is 27.7 Å². The zero-order chi connectivity index (χ0) is 26.1. The molecule has 3 aromatic rings. The third-order valence-corrected chi connectivity index (χ3v) is 7.17. The van der Waals surface area contributed by atoms with E-state index in [2.05, 4.69) is 5.10 Å². The van der Waals surface area contributed by atoms with Gasteiger partial charge in [0.25, 0.3) is 5.91 Å². The summed E-state index contributed by atoms with van der Waals surface area (Å²) >= 11 is 0. The van der Waals surface area contributed by atoms with Crippen LogP contribution >= 0.6 is 0 Å². The summed E-state index contributed by atoms with van der Waals surface area (Å²) in [6.07, 6.45) is 3.71. The molecule has 1 saturated carbocycles. The number of carbonyl (C=O) groups is 1. The number of hydrogen-bond acceptors (Lipinski definition) is 7. The molecule has 1 amide bonds. The molecule has 2 aliphatic rings. The fourth-order valence-corrected chi connectivity index (χ4v) is 5.06. The molecule has 1 aliphatic carbocycles. The summed E-state index contributed by atoms with van der Waals surface area (Å²) < 4.78 is 21.0. The lowest BCUT2D eigenvalue weighted by molar-refractivity contribution is 0.0691. The number of likely N-dealkylation sites (tertiary alicyclic amines) is 1. The van der Waals surface area contributed by atoms with E-state index in [4.69, 9.17) is 19.3 Å². The Morgan fingerprint density at radius 2 is 1.89 bits per heavy atom. The van der Waals surface area contributed by atoms with E-state index in [0.29, 0.717) is 49.1 Å². The number of methoxy groups -OCH3 is 3. The molecular weight excluding hydrogens is 476 g/mol. The molecule has 1 aliphatic heterocycles. The van der Waals surface area contributed by atoms with E-state index in [-0.39, 0.29) is 23.6 Å². The largest absolute Gasteiger partial charge is 0.497 e. The van der Waals surface area contributed by atoms with E-state index in [1.165, 1.54) is 4.68 Å². The van der Waals surface area contributed by atoms with Crippen molar-refractivity contribution in [1.82, 2.24) is 29.0 Å². The van der Waals surface area contributed by atoms with Crippen LogP contribution in [0.3, 0.4) is 0 Å². The van der Waals surface area contributed by atoms with Crippen LogP contribution in [0.2, 0.25) is 0 Å². The maximum absolute atomic E-state index is 13.7. The van der Waals surface area contributed by atoms with Gasteiger partial charge in [-0.3, -0.25) is 14.0 Å². The van der Waals surface area contributed by atoms with Crippen LogP contribution in [0.15, 0.2) is 29.1 Å². The van der Waals surface area contributed by atoms with Crippen molar-refractivity contribution in [3.63, 3.8) is 0 Å². The van der Waals surface area contributed by atoms with Gasteiger partial charge in [0.05, 0.1) is 33.1 Å². The van der Waals surface area contributed by atoms with Gasteiger partial charge >= 0.3 is 5.69 Å². The maximum atomic E-state index is 13.7. The number of aromatic nitrogens is 5. The minimum Gasteiger partial charge on any atom is -0.497 e. The Hall–Kier alpha value is -3.60. The van der Waals surface area contributed by atoms with Crippen molar-refractivity contribution in [2.24, 2.45) is 7.05 Å². The number of rotatable bonds is 9. The monoisotopic (exact) mass is 510 g/mol. The predicted molar refractivity (Wildman–Crippen MR) is 136 cm³/mol. The molecule has 3 heterocycles. The summed E-state index contributed by atoms with van der Waals surface area (Å²) in [4.78, 5) is 28.6. The summed E-state index contributed by atoms with van der Waals surface area (Å²) in [5, 5.41) is 9.31. The smallest absolute Gasteiger partial charge is 0.346 e. The van der Waals surface area contributed by atoms with Crippen LogP contribution in [-0.4, -0.2) is 76.0 Å². The lowest BCUT2D eigenvalue weighted by atomic mass is 9.96. The Morgan fingerprint density at radius 3 is 2.59 bits per heavy atom. The quantitative estimate of drug-likeness (QED) is 0.435. The zero-order valence-electron chi connectivity index (χ0n) is 21.8. The minimum absolute atomic E-state index is 0.000899. The van der Waals surface area contributed by atoms with Crippen LogP contribution in [0, 0.1) is 0 Å². The fraction of sp³-hybridized carbons (Fsp3) is 0.538. The first-order chi connectivity index (χ1) is 17.9. The van der Waals surface area contributed by atoms with Gasteiger partial charge in [0.1, 0.15) is 23.0 Å². The summed E-state index contributed by atoms with van der Waals surface area (Å²) in [5.74, 6) is 2.03. The third-order valence-electron chi connectivity index (χ3n) is 7.17. The van der Waals surface area contributed by atoms with E-state index >= 15 is 0 Å². The summed E-state index contributed by atoms with van der Waals surface area (Å²) in [6.45, 7) is 2.01. The zero-order valence-corrected chi connectivity index (χ0v) is 21.8. The van der Waals surface area contributed by atoms with E-state index in [0.717, 1.165) is 37.1 Å². The van der Waals surface area contributed by atoms with Crippen LogP contribution < -0.4 is 15.2 Å². The standard InChI is InChI=1S/C26H34N6O5/c1-29-22(15-21(27-29)20-14-19(36-3)9-10-23(20)37-4)25(33)30-11-5-6-17(16-30)24-28-31(12-13-35-2)26(34)32(24)18-7-8-18/h9-10,14-15,17-18H,5-8,11-13,16H2,1-4H3. The van der Waals surface area contributed by atoms with Gasteiger partial charge in [-0.05, 0) is 49.9 Å². The molecule has 0 N–H and O–H groups in total. The van der Waals surface area contributed by atoms with Crippen molar-refractivity contribution in [1.29, 1.82) is 0 Å². The Labute approximate surface area is 215 Å². The number of benzene rings is 1. The lowest BCUT2D eigenvalue weighted by Gasteiger charge is -2.32. The molecule has 0 bridgehead atoms. The molecule has 0 spiro atoms. The Morgan fingerprint density at radius 1 is 1.08 bits per heavy atom. The Bertz CT molecular complexity index is 1340. The van der Waals surface area contributed by atoms with Crippen molar-refractivity contribution in [3.05, 3.63) is 46.3 Å². The second-order valence-electron chi connectivity index (χ2n) is 9.65. The van der Waals surface area contributed by atoms with Crippen molar-refractivity contribution < 1.29 is 19.0 Å². The number of carbonyl (C=O) groups excluding carboxylic acids is 1. The van der Waals surface area contributed by atoms with Crippen LogP contribution in [0.1, 0.15) is 54.0 Å². The van der Waals surface area contributed by atoms with Gasteiger partial charge in [-0.15, -0.1) is 0 Å². The first-order valence-electron chi connectivity index (χ1n) is 12.7. The number of nitrogens with zero attached hydrogens (tertiary/aromatic N) is 6. The number of ether oxygens (including phenoxy) is 3. The van der Waals surface area contributed by atoms with Gasteiger partial charge in [0, 0.05) is 44.8 Å². The van der Waals surface area contributed by atoms with Crippen molar-refractivity contribution in [2.75, 3.05) is 41.0 Å². The van der Waals surface area contributed by atoms with Gasteiger partial charge < -0.3 is 19.1 Å². The Balaban J connectivity index is 1.40. The van der Waals surface area contributed by atoms with Crippen molar-refractivity contribution in [2.45, 2.75) is 44.2 Å². The summed E-state index contributed by atoms with van der Waals surface area (Å²) in [5.41, 5.74) is 1.80. The van der Waals surface area contributed by atoms with Gasteiger partial charge in [-0.25, -0.2) is 9.48 Å². The number of piperidine rings is 1. The molecular formula is C26H34N6O5. The average Bonchev–Trinajstić information content (AvgIpc) is 3.61. The second kappa shape index (κ2) is 10.4. The number of aryl methyl sites for hydroxylation is 1. The molecule has 2 aromatic heterocycles. The second-order valence-corrected chi connectivity index (χ2v) is 9.65. The van der Waals surface area contributed by atoms with E-state index < -0.39 is 0 Å². The minimum atomic E-state index is -0.0908. The van der Waals surface area contributed by atoms with Gasteiger partial charge in [-0.2, -0.15) is 10.2 Å².